The smallest absolute Gasteiger partial charge is 0.243 e. The molecule has 8 heteroatoms. The number of phenolic OH excluding ortho intramolecular Hbond substituents is 1. The highest BCUT2D eigenvalue weighted by Gasteiger charge is 2.26. The fraction of sp³-hybridized carbons (Fsp3) is 0.381. The second-order valence-corrected chi connectivity index (χ2v) is 9.17. The lowest BCUT2D eigenvalue weighted by Crippen LogP contribution is -2.35. The fourth-order valence-electron chi connectivity index (χ4n) is 3.23. The SMILES string of the molecule is Cc1ccc(NCCC(=O)Nc2cc(S(=O)(=O)N3CCCCC3)ccc2O)cc1. The topological polar surface area (TPSA) is 98.7 Å². The first-order chi connectivity index (χ1) is 13.9. The number of nitrogens with zero attached hydrogens (tertiary/aromatic N) is 1. The van der Waals surface area contributed by atoms with E-state index in [1.807, 2.05) is 31.2 Å². The molecule has 156 valence electrons. The van der Waals surface area contributed by atoms with E-state index in [2.05, 4.69) is 10.6 Å². The predicted octanol–water partition coefficient (Wildman–Crippen LogP) is 3.32. The van der Waals surface area contributed by atoms with Gasteiger partial charge < -0.3 is 15.7 Å². The minimum atomic E-state index is -3.64. The van der Waals surface area contributed by atoms with Crippen LogP contribution >= 0.6 is 0 Å². The molecule has 1 amide bonds. The molecule has 1 fully saturated rings. The van der Waals surface area contributed by atoms with Crippen molar-refractivity contribution >= 4 is 27.3 Å². The molecular formula is C21H27N3O4S. The summed E-state index contributed by atoms with van der Waals surface area (Å²) >= 11 is 0. The van der Waals surface area contributed by atoms with Gasteiger partial charge in [0.1, 0.15) is 5.75 Å². The van der Waals surface area contributed by atoms with Crippen LogP contribution < -0.4 is 10.6 Å². The minimum Gasteiger partial charge on any atom is -0.506 e. The average Bonchev–Trinajstić information content (AvgIpc) is 2.71. The molecule has 0 aromatic heterocycles. The Bertz CT molecular complexity index is 952. The zero-order valence-electron chi connectivity index (χ0n) is 16.5. The summed E-state index contributed by atoms with van der Waals surface area (Å²) in [6, 6.07) is 11.8. The third-order valence-corrected chi connectivity index (χ3v) is 6.82. The van der Waals surface area contributed by atoms with Crippen LogP contribution in [0.15, 0.2) is 47.4 Å². The summed E-state index contributed by atoms with van der Waals surface area (Å²) in [6.07, 6.45) is 2.89. The van der Waals surface area contributed by atoms with Crippen molar-refractivity contribution in [3.63, 3.8) is 0 Å². The molecule has 0 saturated carbocycles. The lowest BCUT2D eigenvalue weighted by molar-refractivity contribution is -0.116. The highest BCUT2D eigenvalue weighted by atomic mass is 32.2. The molecule has 29 heavy (non-hydrogen) atoms. The van der Waals surface area contributed by atoms with Crippen molar-refractivity contribution in [1.82, 2.24) is 4.31 Å². The molecule has 0 bridgehead atoms. The number of sulfonamides is 1. The number of rotatable bonds is 7. The maximum Gasteiger partial charge on any atom is 0.243 e. The normalized spacial score (nSPS) is 15.1. The van der Waals surface area contributed by atoms with Crippen molar-refractivity contribution < 1.29 is 18.3 Å². The Morgan fingerprint density at radius 2 is 1.76 bits per heavy atom. The van der Waals surface area contributed by atoms with Gasteiger partial charge >= 0.3 is 0 Å². The van der Waals surface area contributed by atoms with E-state index in [-0.39, 0.29) is 28.7 Å². The largest absolute Gasteiger partial charge is 0.506 e. The number of amides is 1. The highest BCUT2D eigenvalue weighted by Crippen LogP contribution is 2.29. The number of anilines is 2. The van der Waals surface area contributed by atoms with Crippen LogP contribution in [-0.4, -0.2) is 43.4 Å². The molecule has 1 aliphatic heterocycles. The van der Waals surface area contributed by atoms with E-state index in [9.17, 15) is 18.3 Å². The van der Waals surface area contributed by atoms with Crippen LogP contribution in [0.25, 0.3) is 0 Å². The van der Waals surface area contributed by atoms with Crippen molar-refractivity contribution in [3.05, 3.63) is 48.0 Å². The van der Waals surface area contributed by atoms with Gasteiger partial charge in [0.15, 0.2) is 0 Å². The molecular weight excluding hydrogens is 390 g/mol. The van der Waals surface area contributed by atoms with Gasteiger partial charge in [-0.3, -0.25) is 4.79 Å². The number of aryl methyl sites for hydroxylation is 1. The molecule has 0 unspecified atom stereocenters. The van der Waals surface area contributed by atoms with E-state index < -0.39 is 10.0 Å². The molecule has 1 aliphatic rings. The van der Waals surface area contributed by atoms with Gasteiger partial charge in [0.05, 0.1) is 10.6 Å². The van der Waals surface area contributed by atoms with Gasteiger partial charge in [-0.25, -0.2) is 8.42 Å². The van der Waals surface area contributed by atoms with Gasteiger partial charge in [-0.1, -0.05) is 24.1 Å². The van der Waals surface area contributed by atoms with E-state index >= 15 is 0 Å². The average molecular weight is 418 g/mol. The summed E-state index contributed by atoms with van der Waals surface area (Å²) in [5.74, 6) is -0.477. The molecule has 3 rings (SSSR count). The van der Waals surface area contributed by atoms with Crippen LogP contribution in [-0.2, 0) is 14.8 Å². The van der Waals surface area contributed by atoms with E-state index in [1.165, 1.54) is 22.5 Å². The van der Waals surface area contributed by atoms with E-state index in [1.54, 1.807) is 0 Å². The first-order valence-corrected chi connectivity index (χ1v) is 11.2. The summed E-state index contributed by atoms with van der Waals surface area (Å²) < 4.78 is 27.1. The van der Waals surface area contributed by atoms with Crippen molar-refractivity contribution in [1.29, 1.82) is 0 Å². The van der Waals surface area contributed by atoms with Crippen molar-refractivity contribution in [2.24, 2.45) is 0 Å². The monoisotopic (exact) mass is 417 g/mol. The molecule has 0 atom stereocenters. The Labute approximate surface area is 171 Å². The van der Waals surface area contributed by atoms with Crippen LogP contribution in [0.5, 0.6) is 5.75 Å². The first kappa shape index (κ1) is 21.1. The highest BCUT2D eigenvalue weighted by molar-refractivity contribution is 7.89. The zero-order chi connectivity index (χ0) is 20.9. The van der Waals surface area contributed by atoms with Crippen molar-refractivity contribution in [2.75, 3.05) is 30.3 Å². The third kappa shape index (κ3) is 5.48. The van der Waals surface area contributed by atoms with Crippen LogP contribution in [0.2, 0.25) is 0 Å². The van der Waals surface area contributed by atoms with Crippen LogP contribution in [0, 0.1) is 6.92 Å². The Hall–Kier alpha value is -2.58. The number of aromatic hydroxyl groups is 1. The third-order valence-electron chi connectivity index (χ3n) is 4.93. The Balaban J connectivity index is 1.61. The Kier molecular flexibility index (Phi) is 6.76. The van der Waals surface area contributed by atoms with Crippen molar-refractivity contribution in [3.8, 4) is 5.75 Å². The summed E-state index contributed by atoms with van der Waals surface area (Å²) in [5.41, 5.74) is 2.17. The minimum absolute atomic E-state index is 0.0743. The molecule has 1 saturated heterocycles. The second kappa shape index (κ2) is 9.28. The van der Waals surface area contributed by atoms with Gasteiger partial charge in [0, 0.05) is 31.7 Å². The summed E-state index contributed by atoms with van der Waals surface area (Å²) in [6.45, 7) is 3.41. The molecule has 2 aromatic carbocycles. The molecule has 2 aromatic rings. The number of benzene rings is 2. The fourth-order valence-corrected chi connectivity index (χ4v) is 4.78. The van der Waals surface area contributed by atoms with Crippen LogP contribution in [0.4, 0.5) is 11.4 Å². The lowest BCUT2D eigenvalue weighted by Gasteiger charge is -2.26. The maximum absolute atomic E-state index is 12.8. The van der Waals surface area contributed by atoms with Crippen LogP contribution in [0.1, 0.15) is 31.2 Å². The maximum atomic E-state index is 12.8. The number of phenols is 1. The molecule has 7 nitrogen and oxygen atoms in total. The number of piperidine rings is 1. The first-order valence-electron chi connectivity index (χ1n) is 9.80. The van der Waals surface area contributed by atoms with Crippen LogP contribution in [0.3, 0.4) is 0 Å². The Morgan fingerprint density at radius 1 is 1.07 bits per heavy atom. The molecule has 0 radical (unpaired) electrons. The number of carbonyl (C=O) groups is 1. The van der Waals surface area contributed by atoms with Gasteiger partial charge in [-0.05, 0) is 50.1 Å². The zero-order valence-corrected chi connectivity index (χ0v) is 17.3. The summed E-state index contributed by atoms with van der Waals surface area (Å²) in [4.78, 5) is 12.3. The second-order valence-electron chi connectivity index (χ2n) is 7.23. The van der Waals surface area contributed by atoms with Gasteiger partial charge in [0.25, 0.3) is 0 Å². The molecule has 0 aliphatic carbocycles. The van der Waals surface area contributed by atoms with Gasteiger partial charge in [-0.15, -0.1) is 0 Å². The van der Waals surface area contributed by atoms with E-state index in [4.69, 9.17) is 0 Å². The van der Waals surface area contributed by atoms with E-state index in [0.29, 0.717) is 19.6 Å². The number of nitrogens with one attached hydrogen (secondary N) is 2. The van der Waals surface area contributed by atoms with E-state index in [0.717, 1.165) is 30.5 Å². The standard InChI is InChI=1S/C21H27N3O4S/c1-16-5-7-17(8-6-16)22-12-11-21(26)23-19-15-18(9-10-20(19)25)29(27,28)24-13-3-2-4-14-24/h5-10,15,22,25H,2-4,11-14H2,1H3,(H,23,26). The molecule has 1 heterocycles. The lowest BCUT2D eigenvalue weighted by atomic mass is 10.2. The molecule has 0 spiro atoms. The number of carbonyl (C=O) groups excluding carboxylic acids is 1. The quantitative estimate of drug-likeness (QED) is 0.600. The summed E-state index contributed by atoms with van der Waals surface area (Å²) in [7, 11) is -3.64. The summed E-state index contributed by atoms with van der Waals surface area (Å²) in [5, 5.41) is 15.8. The van der Waals surface area contributed by atoms with Gasteiger partial charge in [0.2, 0.25) is 15.9 Å². The van der Waals surface area contributed by atoms with Gasteiger partial charge in [-0.2, -0.15) is 4.31 Å². The molecule has 3 N–H and O–H groups in total. The predicted molar refractivity (Wildman–Crippen MR) is 114 cm³/mol. The number of hydrogen-bond donors (Lipinski definition) is 3. The number of hydrogen-bond acceptors (Lipinski definition) is 5. The Morgan fingerprint density at radius 3 is 2.45 bits per heavy atom. The van der Waals surface area contributed by atoms with Crippen molar-refractivity contribution in [2.45, 2.75) is 37.5 Å².